The fraction of sp³-hybridized carbons (Fsp3) is 0.0250. The minimum Gasteiger partial charge on any atom is -0.457 e. The summed E-state index contributed by atoms with van der Waals surface area (Å²) in [6, 6.07) is 30.8. The highest BCUT2D eigenvalue weighted by Gasteiger charge is 2.46. The van der Waals surface area contributed by atoms with Gasteiger partial charge in [0.1, 0.15) is 40.3 Å². The third-order valence-corrected chi connectivity index (χ3v) is 8.99. The molecule has 5 aromatic rings. The van der Waals surface area contributed by atoms with Crippen molar-refractivity contribution in [2.45, 2.75) is 6.04 Å². The van der Waals surface area contributed by atoms with E-state index in [-0.39, 0.29) is 62.1 Å². The van der Waals surface area contributed by atoms with Crippen LogP contribution in [0.25, 0.3) is 0 Å². The number of anilines is 1. The molecule has 48 heavy (non-hydrogen) atoms. The lowest BCUT2D eigenvalue weighted by molar-refractivity contribution is -0.355. The van der Waals surface area contributed by atoms with Gasteiger partial charge in [-0.25, -0.2) is 4.99 Å². The summed E-state index contributed by atoms with van der Waals surface area (Å²) in [5.74, 6) is 0.434. The molecule has 1 aliphatic heterocycles. The van der Waals surface area contributed by atoms with E-state index in [2.05, 4.69) is 10.3 Å². The first kappa shape index (κ1) is 27.6. The summed E-state index contributed by atoms with van der Waals surface area (Å²) in [5.41, 5.74) is 3.49. The molecule has 0 radical (unpaired) electrons. The Hall–Kier alpha value is -6.67. The number of ketones is 4. The van der Waals surface area contributed by atoms with Crippen LogP contribution in [0.4, 0.5) is 11.4 Å². The van der Waals surface area contributed by atoms with Crippen LogP contribution in [0.15, 0.2) is 132 Å². The Labute approximate surface area is 273 Å². The van der Waals surface area contributed by atoms with E-state index >= 15 is 0 Å². The van der Waals surface area contributed by atoms with E-state index in [0.717, 1.165) is 0 Å². The first-order valence-corrected chi connectivity index (χ1v) is 15.4. The van der Waals surface area contributed by atoms with Crippen molar-refractivity contribution >= 4 is 40.2 Å². The predicted octanol–water partition coefficient (Wildman–Crippen LogP) is 5.94. The number of para-hydroxylation sites is 2. The van der Waals surface area contributed by atoms with Gasteiger partial charge in [-0.2, -0.15) is 0 Å². The van der Waals surface area contributed by atoms with E-state index in [1.165, 1.54) is 0 Å². The van der Waals surface area contributed by atoms with Crippen molar-refractivity contribution in [3.05, 3.63) is 166 Å². The molecule has 3 aliphatic carbocycles. The van der Waals surface area contributed by atoms with Gasteiger partial charge in [0, 0.05) is 33.9 Å². The fourth-order valence-electron chi connectivity index (χ4n) is 6.82. The molecular weight excluding hydrogens is 604 g/mol. The number of rotatable bonds is 4. The summed E-state index contributed by atoms with van der Waals surface area (Å²) in [7, 11) is 0. The lowest BCUT2D eigenvalue weighted by Crippen LogP contribution is -2.74. The number of ether oxygens (including phenoxy) is 2. The molecule has 8 nitrogen and oxygen atoms in total. The highest BCUT2D eigenvalue weighted by molar-refractivity contribution is 6.34. The van der Waals surface area contributed by atoms with Crippen molar-refractivity contribution in [2.24, 2.45) is 0 Å². The van der Waals surface area contributed by atoms with Gasteiger partial charge in [0.25, 0.3) is 0 Å². The number of Topliss-reactive ketones (excluding diaryl/α,β-unsaturated/α-hetero) is 2. The number of nitrogens with one attached hydrogen (secondary N) is 2. The van der Waals surface area contributed by atoms with E-state index in [4.69, 9.17) is 9.47 Å². The summed E-state index contributed by atoms with van der Waals surface area (Å²) in [5, 5.41) is 3.39. The van der Waals surface area contributed by atoms with Crippen LogP contribution >= 0.6 is 0 Å². The van der Waals surface area contributed by atoms with E-state index in [9.17, 15) is 19.2 Å². The monoisotopic (exact) mass is 627 g/mol. The second kappa shape index (κ2) is 10.4. The molecule has 0 amide bonds. The van der Waals surface area contributed by atoms with Gasteiger partial charge in [-0.3, -0.25) is 19.2 Å². The van der Waals surface area contributed by atoms with Crippen molar-refractivity contribution in [3.8, 4) is 23.0 Å². The van der Waals surface area contributed by atoms with Crippen molar-refractivity contribution < 1.29 is 33.6 Å². The SMILES string of the molecule is O=C1C2=C(C=CC3=[NH+]c4c(ccc5c4C(=O)c4cccc(Oc6ccccc6)c4C5=O)NC32)C(=O)c2c(Oc3ccccc3)cccc21. The zero-order valence-electron chi connectivity index (χ0n) is 25.1. The van der Waals surface area contributed by atoms with Gasteiger partial charge in [0.15, 0.2) is 17.3 Å². The predicted molar refractivity (Wildman–Crippen MR) is 177 cm³/mol. The van der Waals surface area contributed by atoms with Crippen LogP contribution in [0.5, 0.6) is 23.0 Å². The highest BCUT2D eigenvalue weighted by Crippen LogP contribution is 2.42. The third-order valence-electron chi connectivity index (χ3n) is 8.99. The van der Waals surface area contributed by atoms with Gasteiger partial charge < -0.3 is 14.8 Å². The van der Waals surface area contributed by atoms with Gasteiger partial charge in [-0.15, -0.1) is 0 Å². The molecule has 0 saturated heterocycles. The Morgan fingerprint density at radius 1 is 0.521 bits per heavy atom. The van der Waals surface area contributed by atoms with Crippen molar-refractivity contribution in [1.29, 1.82) is 0 Å². The quantitative estimate of drug-likeness (QED) is 0.249. The summed E-state index contributed by atoms with van der Waals surface area (Å²) in [4.78, 5) is 59.5. The van der Waals surface area contributed by atoms with Crippen LogP contribution in [0.3, 0.4) is 0 Å². The highest BCUT2D eigenvalue weighted by atomic mass is 16.5. The van der Waals surface area contributed by atoms with Gasteiger partial charge >= 0.3 is 0 Å². The van der Waals surface area contributed by atoms with E-state index in [0.29, 0.717) is 45.7 Å². The molecule has 4 aliphatic rings. The average molecular weight is 628 g/mol. The molecule has 1 unspecified atom stereocenters. The first-order valence-electron chi connectivity index (χ1n) is 15.4. The molecule has 2 N–H and O–H groups in total. The maximum absolute atomic E-state index is 14.1. The fourth-order valence-corrected chi connectivity index (χ4v) is 6.82. The number of hydrogen-bond acceptors (Lipinski definition) is 7. The topological polar surface area (TPSA) is 113 Å². The molecule has 0 bridgehead atoms. The molecule has 0 fully saturated rings. The third kappa shape index (κ3) is 4.06. The van der Waals surface area contributed by atoms with Crippen LogP contribution < -0.4 is 19.8 Å². The van der Waals surface area contributed by atoms with Gasteiger partial charge in [0.2, 0.25) is 17.2 Å². The molecule has 0 spiro atoms. The maximum Gasteiger partial charge on any atom is 0.239 e. The van der Waals surface area contributed by atoms with E-state index in [1.54, 1.807) is 84.9 Å². The summed E-state index contributed by atoms with van der Waals surface area (Å²) in [6.07, 6.45) is 3.35. The smallest absolute Gasteiger partial charge is 0.239 e. The molecule has 8 heteroatoms. The zero-order valence-corrected chi connectivity index (χ0v) is 25.1. The molecule has 0 saturated carbocycles. The average Bonchev–Trinajstić information content (AvgIpc) is 3.12. The van der Waals surface area contributed by atoms with Crippen molar-refractivity contribution in [3.63, 3.8) is 0 Å². The number of carbonyl (C=O) groups is 4. The molecule has 9 rings (SSSR count). The minimum atomic E-state index is -0.689. The molecule has 5 aromatic carbocycles. The van der Waals surface area contributed by atoms with E-state index < -0.39 is 6.04 Å². The number of hydrogen-bond donors (Lipinski definition) is 2. The van der Waals surface area contributed by atoms with Gasteiger partial charge in [0.05, 0.1) is 11.1 Å². The van der Waals surface area contributed by atoms with Crippen LogP contribution in [-0.4, -0.2) is 34.9 Å². The maximum atomic E-state index is 14.1. The second-order valence-corrected chi connectivity index (χ2v) is 11.7. The number of benzene rings is 5. The Morgan fingerprint density at radius 3 is 1.73 bits per heavy atom. The summed E-state index contributed by atoms with van der Waals surface area (Å²) < 4.78 is 12.1. The lowest BCUT2D eigenvalue weighted by atomic mass is 9.76. The molecular formula is C40H23N2O6+. The Balaban J connectivity index is 1.09. The van der Waals surface area contributed by atoms with Crippen molar-refractivity contribution in [2.75, 3.05) is 5.32 Å². The number of allylic oxidation sites excluding steroid dienone is 2. The minimum absolute atomic E-state index is 0.209. The normalized spacial score (nSPS) is 16.8. The standard InChI is InChI=1S/C40H22N2O6/c43-37-25-17-19-27-35(33(25)39(45)23-13-7-15-29(31(23)37)47-21-9-3-1-4-10-21)41-28-20-18-26-34(36(28)42-27)40(46)24-14-8-16-30(32(24)38(26)44)48-22-11-5-2-6-12-22/h1-20,35,41H/p+1. The van der Waals surface area contributed by atoms with Crippen LogP contribution in [0, 0.1) is 0 Å². The molecule has 1 heterocycles. The lowest BCUT2D eigenvalue weighted by Gasteiger charge is -2.31. The molecule has 0 aromatic heterocycles. The number of fused-ring (bicyclic) bond motifs is 7. The largest absolute Gasteiger partial charge is 0.457 e. The second-order valence-electron chi connectivity index (χ2n) is 11.7. The number of carbonyl (C=O) groups excluding carboxylic acids is 4. The van der Waals surface area contributed by atoms with Crippen LogP contribution in [0.1, 0.15) is 52.6 Å². The zero-order chi connectivity index (χ0) is 32.5. The van der Waals surface area contributed by atoms with Gasteiger partial charge in [-0.05, 0) is 54.6 Å². The van der Waals surface area contributed by atoms with Crippen molar-refractivity contribution in [1.82, 2.24) is 0 Å². The Morgan fingerprint density at radius 2 is 1.08 bits per heavy atom. The van der Waals surface area contributed by atoms with E-state index in [1.807, 2.05) is 36.4 Å². The van der Waals surface area contributed by atoms with Gasteiger partial charge in [-0.1, -0.05) is 60.7 Å². The first-order chi connectivity index (χ1) is 23.5. The Kier molecular flexibility index (Phi) is 6.00. The van der Waals surface area contributed by atoms with Crippen LogP contribution in [-0.2, 0) is 0 Å². The molecule has 1 atom stereocenters. The molecule has 228 valence electrons. The summed E-state index contributed by atoms with van der Waals surface area (Å²) in [6.45, 7) is 0. The van der Waals surface area contributed by atoms with Crippen LogP contribution in [0.2, 0.25) is 0 Å². The summed E-state index contributed by atoms with van der Waals surface area (Å²) >= 11 is 0. The Bertz CT molecular complexity index is 2390.